The molecule has 3 nitrogen and oxygen atoms in total. The fraction of sp³-hybridized carbons (Fsp3) is 1.00. The highest BCUT2D eigenvalue weighted by atomic mass is 16.3. The summed E-state index contributed by atoms with van der Waals surface area (Å²) in [5.74, 6) is 0. The minimum atomic E-state index is -0.0297. The molecule has 0 aliphatic heterocycles. The fourth-order valence-electron chi connectivity index (χ4n) is 1.70. The smallest absolute Gasteiger partial charge is 0.0583 e. The van der Waals surface area contributed by atoms with E-state index < -0.39 is 0 Å². The molecule has 1 rings (SSSR count). The van der Waals surface area contributed by atoms with E-state index in [1.807, 2.05) is 0 Å². The van der Waals surface area contributed by atoms with Gasteiger partial charge < -0.3 is 15.7 Å². The number of aliphatic hydroxyl groups is 1. The Bertz CT molecular complexity index is 148. The molecule has 1 fully saturated rings. The third-order valence-corrected chi connectivity index (χ3v) is 2.88. The van der Waals surface area contributed by atoms with Gasteiger partial charge in [-0.05, 0) is 38.8 Å². The lowest BCUT2D eigenvalue weighted by Gasteiger charge is -2.22. The Kier molecular flexibility index (Phi) is 5.45. The zero-order valence-corrected chi connectivity index (χ0v) is 9.28. The van der Waals surface area contributed by atoms with Crippen LogP contribution in [-0.2, 0) is 0 Å². The zero-order valence-electron chi connectivity index (χ0n) is 9.28. The second-order valence-corrected chi connectivity index (χ2v) is 4.35. The maximum absolute atomic E-state index is 8.83. The number of hydrogen-bond donors (Lipinski definition) is 2. The summed E-state index contributed by atoms with van der Waals surface area (Å²) in [6.07, 6.45) is 6.19. The minimum Gasteiger partial charge on any atom is -0.395 e. The molecule has 0 bridgehead atoms. The molecule has 1 unspecified atom stereocenters. The lowest BCUT2D eigenvalue weighted by atomic mass is 10.2. The first-order valence-electron chi connectivity index (χ1n) is 5.88. The van der Waals surface area contributed by atoms with Crippen molar-refractivity contribution in [1.82, 2.24) is 4.90 Å². The Morgan fingerprint density at radius 1 is 1.43 bits per heavy atom. The molecule has 3 heteroatoms. The molecule has 84 valence electrons. The van der Waals surface area contributed by atoms with Gasteiger partial charge in [-0.25, -0.2) is 0 Å². The van der Waals surface area contributed by atoms with Crippen molar-refractivity contribution in [2.75, 3.05) is 19.7 Å². The van der Waals surface area contributed by atoms with Gasteiger partial charge in [0, 0.05) is 12.1 Å². The van der Waals surface area contributed by atoms with Gasteiger partial charge in [-0.15, -0.1) is 0 Å². The highest BCUT2D eigenvalue weighted by Gasteiger charge is 2.28. The van der Waals surface area contributed by atoms with Gasteiger partial charge in [-0.1, -0.05) is 13.3 Å². The first-order valence-corrected chi connectivity index (χ1v) is 5.88. The average molecular weight is 200 g/mol. The van der Waals surface area contributed by atoms with Crippen LogP contribution in [-0.4, -0.2) is 41.8 Å². The van der Waals surface area contributed by atoms with Crippen LogP contribution in [0.4, 0.5) is 0 Å². The second kappa shape index (κ2) is 6.38. The minimum absolute atomic E-state index is 0.0297. The molecule has 0 heterocycles. The Labute approximate surface area is 87.3 Å². The second-order valence-electron chi connectivity index (χ2n) is 4.35. The molecular weight excluding hydrogens is 176 g/mol. The van der Waals surface area contributed by atoms with Crippen molar-refractivity contribution in [3.63, 3.8) is 0 Å². The third-order valence-electron chi connectivity index (χ3n) is 2.88. The number of rotatable bonds is 8. The van der Waals surface area contributed by atoms with E-state index in [1.165, 1.54) is 32.2 Å². The third kappa shape index (κ3) is 4.40. The van der Waals surface area contributed by atoms with E-state index in [1.54, 1.807) is 0 Å². The lowest BCUT2D eigenvalue weighted by molar-refractivity contribution is 0.216. The van der Waals surface area contributed by atoms with E-state index in [0.29, 0.717) is 0 Å². The number of hydrogen-bond acceptors (Lipinski definition) is 3. The summed E-state index contributed by atoms with van der Waals surface area (Å²) in [5, 5.41) is 8.83. The van der Waals surface area contributed by atoms with Crippen molar-refractivity contribution in [3.8, 4) is 0 Å². The van der Waals surface area contributed by atoms with Gasteiger partial charge in [0.2, 0.25) is 0 Å². The molecule has 1 saturated carbocycles. The van der Waals surface area contributed by atoms with Gasteiger partial charge in [0.05, 0.1) is 6.61 Å². The van der Waals surface area contributed by atoms with Crippen LogP contribution in [0.1, 0.15) is 39.0 Å². The van der Waals surface area contributed by atoms with Gasteiger partial charge in [0.15, 0.2) is 0 Å². The van der Waals surface area contributed by atoms with Crippen LogP contribution in [0.15, 0.2) is 0 Å². The molecule has 0 spiro atoms. The summed E-state index contributed by atoms with van der Waals surface area (Å²) in [6, 6.07) is 0.797. The average Bonchev–Trinajstić information content (AvgIpc) is 3.01. The maximum atomic E-state index is 8.83. The SMILES string of the molecule is CCCCN(CCC(N)CO)C1CC1. The number of nitrogens with two attached hydrogens (primary N) is 1. The monoisotopic (exact) mass is 200 g/mol. The van der Waals surface area contributed by atoms with Crippen LogP contribution in [0.2, 0.25) is 0 Å². The summed E-state index contributed by atoms with van der Waals surface area (Å²) in [4.78, 5) is 2.54. The first-order chi connectivity index (χ1) is 6.77. The predicted molar refractivity (Wildman–Crippen MR) is 59.2 cm³/mol. The molecule has 0 aromatic heterocycles. The van der Waals surface area contributed by atoms with Crippen molar-refractivity contribution < 1.29 is 5.11 Å². The van der Waals surface area contributed by atoms with Crippen molar-refractivity contribution in [3.05, 3.63) is 0 Å². The summed E-state index contributed by atoms with van der Waals surface area (Å²) in [5.41, 5.74) is 5.69. The fourth-order valence-corrected chi connectivity index (χ4v) is 1.70. The zero-order chi connectivity index (χ0) is 10.4. The highest BCUT2D eigenvalue weighted by molar-refractivity contribution is 4.84. The molecule has 14 heavy (non-hydrogen) atoms. The van der Waals surface area contributed by atoms with Gasteiger partial charge in [-0.3, -0.25) is 0 Å². The molecule has 0 radical (unpaired) electrons. The number of unbranched alkanes of at least 4 members (excludes halogenated alkanes) is 1. The maximum Gasteiger partial charge on any atom is 0.0583 e. The standard InChI is InChI=1S/C11H24N2O/c1-2-3-7-13(11-4-5-11)8-6-10(12)9-14/h10-11,14H,2-9,12H2,1H3. The molecule has 0 aromatic rings. The highest BCUT2D eigenvalue weighted by Crippen LogP contribution is 2.27. The molecule has 1 atom stereocenters. The largest absolute Gasteiger partial charge is 0.395 e. The topological polar surface area (TPSA) is 49.5 Å². The predicted octanol–water partition coefficient (Wildman–Crippen LogP) is 0.961. The van der Waals surface area contributed by atoms with Crippen LogP contribution in [0.3, 0.4) is 0 Å². The molecule has 1 aliphatic carbocycles. The molecule has 0 amide bonds. The van der Waals surface area contributed by atoms with Crippen molar-refractivity contribution in [2.24, 2.45) is 5.73 Å². The van der Waals surface area contributed by atoms with E-state index >= 15 is 0 Å². The summed E-state index contributed by atoms with van der Waals surface area (Å²) < 4.78 is 0. The molecular formula is C11H24N2O. The van der Waals surface area contributed by atoms with Gasteiger partial charge in [0.1, 0.15) is 0 Å². The molecule has 0 aromatic carbocycles. The number of nitrogens with zero attached hydrogens (tertiary/aromatic N) is 1. The first kappa shape index (κ1) is 12.0. The Hall–Kier alpha value is -0.120. The van der Waals surface area contributed by atoms with E-state index in [0.717, 1.165) is 19.0 Å². The Balaban J connectivity index is 2.14. The van der Waals surface area contributed by atoms with Crippen LogP contribution in [0, 0.1) is 0 Å². The molecule has 3 N–H and O–H groups in total. The molecule has 1 aliphatic rings. The van der Waals surface area contributed by atoms with E-state index in [4.69, 9.17) is 10.8 Å². The Morgan fingerprint density at radius 3 is 2.64 bits per heavy atom. The summed E-state index contributed by atoms with van der Waals surface area (Å²) in [6.45, 7) is 4.61. The van der Waals surface area contributed by atoms with Gasteiger partial charge in [-0.2, -0.15) is 0 Å². The van der Waals surface area contributed by atoms with Crippen LogP contribution < -0.4 is 5.73 Å². The van der Waals surface area contributed by atoms with Crippen molar-refractivity contribution >= 4 is 0 Å². The van der Waals surface area contributed by atoms with Crippen molar-refractivity contribution in [2.45, 2.75) is 51.1 Å². The van der Waals surface area contributed by atoms with E-state index in [2.05, 4.69) is 11.8 Å². The normalized spacial score (nSPS) is 18.9. The Morgan fingerprint density at radius 2 is 2.14 bits per heavy atom. The lowest BCUT2D eigenvalue weighted by Crippen LogP contribution is -2.34. The number of aliphatic hydroxyl groups excluding tert-OH is 1. The quantitative estimate of drug-likeness (QED) is 0.613. The summed E-state index contributed by atoms with van der Waals surface area (Å²) >= 11 is 0. The van der Waals surface area contributed by atoms with E-state index in [9.17, 15) is 0 Å². The van der Waals surface area contributed by atoms with Crippen molar-refractivity contribution in [1.29, 1.82) is 0 Å². The van der Waals surface area contributed by atoms with E-state index in [-0.39, 0.29) is 12.6 Å². The van der Waals surface area contributed by atoms with Crippen LogP contribution in [0.5, 0.6) is 0 Å². The van der Waals surface area contributed by atoms with Crippen LogP contribution in [0.25, 0.3) is 0 Å². The summed E-state index contributed by atoms with van der Waals surface area (Å²) in [7, 11) is 0. The van der Waals surface area contributed by atoms with Crippen LogP contribution >= 0.6 is 0 Å². The van der Waals surface area contributed by atoms with Gasteiger partial charge in [0.25, 0.3) is 0 Å². The van der Waals surface area contributed by atoms with Gasteiger partial charge >= 0.3 is 0 Å². The molecule has 0 saturated heterocycles.